The maximum Gasteiger partial charge on any atom is 0.251 e. The van der Waals surface area contributed by atoms with Gasteiger partial charge in [-0.2, -0.15) is 0 Å². The highest BCUT2D eigenvalue weighted by atomic mass is 19.1. The van der Waals surface area contributed by atoms with Crippen molar-refractivity contribution in [3.05, 3.63) is 125 Å². The Morgan fingerprint density at radius 1 is 0.950 bits per heavy atom. The molecule has 0 bridgehead atoms. The summed E-state index contributed by atoms with van der Waals surface area (Å²) in [7, 11) is 0. The fraction of sp³-hybridized carbons (Fsp3) is 0.194. The molecular formula is C31H27F3N4O2. The van der Waals surface area contributed by atoms with Crippen molar-refractivity contribution in [3.8, 4) is 11.1 Å². The van der Waals surface area contributed by atoms with Crippen LogP contribution in [0.15, 0.2) is 85.1 Å². The van der Waals surface area contributed by atoms with Crippen LogP contribution < -0.4 is 16.4 Å². The number of nitrogens with zero attached hydrogens (tertiary/aromatic N) is 1. The quantitative estimate of drug-likeness (QED) is 0.286. The van der Waals surface area contributed by atoms with Crippen LogP contribution in [0.5, 0.6) is 0 Å². The highest BCUT2D eigenvalue weighted by Gasteiger charge is 2.32. The largest absolute Gasteiger partial charge is 0.366 e. The number of rotatable bonds is 8. The van der Waals surface area contributed by atoms with Gasteiger partial charge in [-0.25, -0.2) is 13.2 Å². The SMILES string of the molecule is NC(=O)c1cc(-c2cccnc2C(Cc2cc(F)cc(F)c2)NC(=O)C2CCC(c3ccccc3)N2)ccc1F. The summed E-state index contributed by atoms with van der Waals surface area (Å²) in [6.45, 7) is 0. The number of benzene rings is 3. The highest BCUT2D eigenvalue weighted by molar-refractivity contribution is 5.94. The van der Waals surface area contributed by atoms with E-state index in [1.807, 2.05) is 30.3 Å². The molecule has 3 atom stereocenters. The van der Waals surface area contributed by atoms with Crippen LogP contribution in [-0.2, 0) is 11.2 Å². The summed E-state index contributed by atoms with van der Waals surface area (Å²) < 4.78 is 42.3. The van der Waals surface area contributed by atoms with Gasteiger partial charge in [0.1, 0.15) is 17.5 Å². The van der Waals surface area contributed by atoms with E-state index in [-0.39, 0.29) is 23.9 Å². The van der Waals surface area contributed by atoms with Crippen molar-refractivity contribution in [1.29, 1.82) is 0 Å². The molecule has 2 heterocycles. The van der Waals surface area contributed by atoms with Crippen LogP contribution in [0.3, 0.4) is 0 Å². The van der Waals surface area contributed by atoms with Crippen LogP contribution in [0.25, 0.3) is 11.1 Å². The Morgan fingerprint density at radius 3 is 2.42 bits per heavy atom. The topological polar surface area (TPSA) is 97.1 Å². The Morgan fingerprint density at radius 2 is 1.70 bits per heavy atom. The Labute approximate surface area is 229 Å². The predicted molar refractivity (Wildman–Crippen MR) is 144 cm³/mol. The minimum absolute atomic E-state index is 0.0181. The molecule has 1 saturated heterocycles. The van der Waals surface area contributed by atoms with E-state index in [0.717, 1.165) is 24.1 Å². The van der Waals surface area contributed by atoms with E-state index < -0.39 is 35.4 Å². The summed E-state index contributed by atoms with van der Waals surface area (Å²) >= 11 is 0. The zero-order chi connectivity index (χ0) is 28.2. The van der Waals surface area contributed by atoms with Crippen LogP contribution in [0.1, 0.15) is 52.1 Å². The number of carbonyl (C=O) groups excluding carboxylic acids is 2. The minimum Gasteiger partial charge on any atom is -0.366 e. The molecule has 4 aromatic rings. The molecule has 1 aliphatic heterocycles. The first-order valence-corrected chi connectivity index (χ1v) is 12.9. The predicted octanol–water partition coefficient (Wildman–Crippen LogP) is 5.16. The number of nitrogens with one attached hydrogen (secondary N) is 2. The third-order valence-electron chi connectivity index (χ3n) is 7.05. The van der Waals surface area contributed by atoms with Crippen molar-refractivity contribution in [2.24, 2.45) is 5.73 Å². The molecule has 0 aliphatic carbocycles. The van der Waals surface area contributed by atoms with Crippen LogP contribution in [0, 0.1) is 17.5 Å². The van der Waals surface area contributed by atoms with Gasteiger partial charge >= 0.3 is 0 Å². The van der Waals surface area contributed by atoms with E-state index in [1.54, 1.807) is 12.1 Å². The molecule has 2 amide bonds. The lowest BCUT2D eigenvalue weighted by Gasteiger charge is -2.24. The van der Waals surface area contributed by atoms with Crippen molar-refractivity contribution < 1.29 is 22.8 Å². The normalized spacial score (nSPS) is 17.4. The monoisotopic (exact) mass is 544 g/mol. The second kappa shape index (κ2) is 11.7. The van der Waals surface area contributed by atoms with Gasteiger partial charge in [0.15, 0.2) is 0 Å². The average Bonchev–Trinajstić information content (AvgIpc) is 3.44. The Balaban J connectivity index is 1.48. The lowest BCUT2D eigenvalue weighted by Crippen LogP contribution is -2.43. The third-order valence-corrected chi connectivity index (χ3v) is 7.05. The number of primary amides is 1. The molecule has 5 rings (SSSR count). The van der Waals surface area contributed by atoms with Gasteiger partial charge in [0.05, 0.1) is 23.3 Å². The van der Waals surface area contributed by atoms with E-state index in [2.05, 4.69) is 15.6 Å². The molecule has 204 valence electrons. The summed E-state index contributed by atoms with van der Waals surface area (Å²) in [4.78, 5) is 29.8. The summed E-state index contributed by atoms with van der Waals surface area (Å²) in [6.07, 6.45) is 2.93. The fourth-order valence-corrected chi connectivity index (χ4v) is 5.17. The van der Waals surface area contributed by atoms with Crippen LogP contribution in [-0.4, -0.2) is 22.8 Å². The molecule has 40 heavy (non-hydrogen) atoms. The number of pyridine rings is 1. The van der Waals surface area contributed by atoms with Gasteiger partial charge in [0, 0.05) is 23.9 Å². The Hall–Kier alpha value is -4.50. The van der Waals surface area contributed by atoms with Gasteiger partial charge in [-0.05, 0) is 66.3 Å². The zero-order valence-corrected chi connectivity index (χ0v) is 21.4. The number of hydrogen-bond donors (Lipinski definition) is 3. The van der Waals surface area contributed by atoms with Crippen LogP contribution in [0.4, 0.5) is 13.2 Å². The van der Waals surface area contributed by atoms with E-state index in [0.29, 0.717) is 28.8 Å². The summed E-state index contributed by atoms with van der Waals surface area (Å²) in [5.41, 5.74) is 7.81. The van der Waals surface area contributed by atoms with Crippen molar-refractivity contribution >= 4 is 11.8 Å². The number of carbonyl (C=O) groups is 2. The van der Waals surface area contributed by atoms with Crippen molar-refractivity contribution in [2.75, 3.05) is 0 Å². The molecule has 0 spiro atoms. The number of aromatic nitrogens is 1. The Kier molecular flexibility index (Phi) is 7.93. The van der Waals surface area contributed by atoms with Crippen LogP contribution in [0.2, 0.25) is 0 Å². The van der Waals surface area contributed by atoms with Gasteiger partial charge < -0.3 is 11.1 Å². The molecule has 9 heteroatoms. The summed E-state index contributed by atoms with van der Waals surface area (Å²) in [6, 6.07) is 19.0. The van der Waals surface area contributed by atoms with Crippen molar-refractivity contribution in [2.45, 2.75) is 37.4 Å². The second-order valence-corrected chi connectivity index (χ2v) is 9.80. The van der Waals surface area contributed by atoms with E-state index in [1.165, 1.54) is 30.5 Å². The number of amides is 2. The average molecular weight is 545 g/mol. The maximum absolute atomic E-state index is 14.2. The van der Waals surface area contributed by atoms with Gasteiger partial charge in [0.2, 0.25) is 5.91 Å². The maximum atomic E-state index is 14.2. The minimum atomic E-state index is -0.926. The summed E-state index contributed by atoms with van der Waals surface area (Å²) in [5.74, 6) is -3.45. The molecule has 1 aliphatic rings. The molecule has 3 unspecified atom stereocenters. The smallest absolute Gasteiger partial charge is 0.251 e. The number of halogens is 3. The molecule has 3 aromatic carbocycles. The number of hydrogen-bond acceptors (Lipinski definition) is 4. The van der Waals surface area contributed by atoms with Crippen molar-refractivity contribution in [1.82, 2.24) is 15.6 Å². The molecule has 0 saturated carbocycles. The standard InChI is InChI=1S/C31H27F3N4O2/c32-21-13-18(14-22(33)17-21)15-28(38-31(40)27-11-10-26(37-27)19-5-2-1-3-6-19)29-23(7-4-12-36-29)20-8-9-25(34)24(16-20)30(35)39/h1-9,12-14,16-17,26-28,37H,10-11,15H2,(H2,35,39)(H,38,40). The van der Waals surface area contributed by atoms with Gasteiger partial charge in [-0.15, -0.1) is 0 Å². The molecular weight excluding hydrogens is 517 g/mol. The molecule has 0 radical (unpaired) electrons. The van der Waals surface area contributed by atoms with Gasteiger partial charge in [0.25, 0.3) is 5.91 Å². The van der Waals surface area contributed by atoms with E-state index in [9.17, 15) is 22.8 Å². The first-order valence-electron chi connectivity index (χ1n) is 12.9. The second-order valence-electron chi connectivity index (χ2n) is 9.80. The molecule has 1 fully saturated rings. The highest BCUT2D eigenvalue weighted by Crippen LogP contribution is 2.31. The first kappa shape index (κ1) is 27.1. The summed E-state index contributed by atoms with van der Waals surface area (Å²) in [5, 5.41) is 6.39. The van der Waals surface area contributed by atoms with Gasteiger partial charge in [-0.1, -0.05) is 42.5 Å². The molecule has 1 aromatic heterocycles. The molecule has 4 N–H and O–H groups in total. The lowest BCUT2D eigenvalue weighted by atomic mass is 9.94. The zero-order valence-electron chi connectivity index (χ0n) is 21.4. The first-order chi connectivity index (χ1) is 19.3. The molecule has 6 nitrogen and oxygen atoms in total. The number of nitrogens with two attached hydrogens (primary N) is 1. The fourth-order valence-electron chi connectivity index (χ4n) is 5.17. The van der Waals surface area contributed by atoms with Crippen LogP contribution >= 0.6 is 0 Å². The van der Waals surface area contributed by atoms with Crippen molar-refractivity contribution in [3.63, 3.8) is 0 Å². The third kappa shape index (κ3) is 6.05. The lowest BCUT2D eigenvalue weighted by molar-refractivity contribution is -0.123. The Bertz CT molecular complexity index is 1530. The van der Waals surface area contributed by atoms with E-state index >= 15 is 0 Å². The van der Waals surface area contributed by atoms with Gasteiger partial charge in [-0.3, -0.25) is 19.9 Å². The van der Waals surface area contributed by atoms with E-state index in [4.69, 9.17) is 5.73 Å².